The highest BCUT2D eigenvalue weighted by Crippen LogP contribution is 2.17. The van der Waals surface area contributed by atoms with Gasteiger partial charge < -0.3 is 36.0 Å². The zero-order valence-electron chi connectivity index (χ0n) is 27.5. The van der Waals surface area contributed by atoms with E-state index in [1.165, 1.54) is 11.8 Å². The van der Waals surface area contributed by atoms with Gasteiger partial charge in [-0.25, -0.2) is 8.78 Å². The van der Waals surface area contributed by atoms with Crippen LogP contribution in [0.25, 0.3) is 0 Å². The second-order valence-electron chi connectivity index (χ2n) is 12.2. The number of halogens is 2. The number of rotatable bonds is 4. The number of hydrogen-bond acceptors (Lipinski definition) is 7. The molecule has 1 aliphatic rings. The molecule has 12 nitrogen and oxygen atoms in total. The van der Waals surface area contributed by atoms with E-state index in [-0.39, 0.29) is 58.0 Å². The lowest BCUT2D eigenvalue weighted by Crippen LogP contribution is -2.57. The number of hydrogen-bond donors (Lipinski definition) is 5. The second-order valence-corrected chi connectivity index (χ2v) is 12.2. The van der Waals surface area contributed by atoms with Crippen molar-refractivity contribution in [3.8, 4) is 5.75 Å². The Balaban J connectivity index is 1.80. The molecule has 5 amide bonds. The quantitative estimate of drug-likeness (QED) is 0.330. The molecule has 2 aromatic carbocycles. The average Bonchev–Trinajstić information content (AvgIpc) is 3.02. The Morgan fingerprint density at radius 1 is 0.896 bits per heavy atom. The van der Waals surface area contributed by atoms with Crippen LogP contribution in [0.2, 0.25) is 0 Å². The van der Waals surface area contributed by atoms with E-state index in [2.05, 4.69) is 21.3 Å². The maximum Gasteiger partial charge on any atom is 0.259 e. The number of nitrogens with zero attached hydrogens (tertiary/aromatic N) is 1. The summed E-state index contributed by atoms with van der Waals surface area (Å²) in [6.45, 7) is 5.26. The lowest BCUT2D eigenvalue weighted by Gasteiger charge is -2.26. The van der Waals surface area contributed by atoms with Gasteiger partial charge in [0.1, 0.15) is 35.0 Å². The number of amides is 5. The maximum atomic E-state index is 14.4. The molecule has 0 aliphatic carbocycles. The SMILES string of the molecule is CC(C)C[C@H]1NC(=O)Cc2cccc(c2)OCC(=O)NCCCN(C(=O)c2c(F)cccc2F)CCCCNC(=O)[C@H]([C@@H](C)O)NC1=O. The van der Waals surface area contributed by atoms with Crippen molar-refractivity contribution in [2.24, 2.45) is 5.92 Å². The van der Waals surface area contributed by atoms with Gasteiger partial charge in [-0.1, -0.05) is 32.0 Å². The largest absolute Gasteiger partial charge is 0.484 e. The molecule has 5 N–H and O–H groups in total. The Morgan fingerprint density at radius 3 is 2.25 bits per heavy atom. The summed E-state index contributed by atoms with van der Waals surface area (Å²) in [5.41, 5.74) is -0.109. The molecule has 1 aliphatic heterocycles. The van der Waals surface area contributed by atoms with Gasteiger partial charge in [0, 0.05) is 26.2 Å². The molecule has 48 heavy (non-hydrogen) atoms. The fourth-order valence-electron chi connectivity index (χ4n) is 5.16. The Kier molecular flexibility index (Phi) is 14.7. The minimum Gasteiger partial charge on any atom is -0.484 e. The van der Waals surface area contributed by atoms with E-state index in [4.69, 9.17) is 4.74 Å². The Morgan fingerprint density at radius 2 is 1.56 bits per heavy atom. The fourth-order valence-corrected chi connectivity index (χ4v) is 5.16. The molecule has 2 aromatic rings. The van der Waals surface area contributed by atoms with Crippen molar-refractivity contribution >= 4 is 29.5 Å². The van der Waals surface area contributed by atoms with Gasteiger partial charge in [-0.3, -0.25) is 24.0 Å². The van der Waals surface area contributed by atoms with E-state index < -0.39 is 64.9 Å². The molecule has 0 spiro atoms. The van der Waals surface area contributed by atoms with Gasteiger partial charge in [0.2, 0.25) is 17.7 Å². The van der Waals surface area contributed by atoms with Gasteiger partial charge in [0.15, 0.2) is 6.61 Å². The monoisotopic (exact) mass is 673 g/mol. The molecule has 0 saturated carbocycles. The van der Waals surface area contributed by atoms with Crippen molar-refractivity contribution in [3.63, 3.8) is 0 Å². The van der Waals surface area contributed by atoms with Gasteiger partial charge >= 0.3 is 0 Å². The van der Waals surface area contributed by atoms with Crippen LogP contribution in [0.5, 0.6) is 5.75 Å². The third-order valence-corrected chi connectivity index (χ3v) is 7.60. The van der Waals surface area contributed by atoms with Crippen LogP contribution in [0, 0.1) is 17.6 Å². The summed E-state index contributed by atoms with van der Waals surface area (Å²) in [6, 6.07) is 7.46. The molecule has 0 saturated heterocycles. The molecule has 262 valence electrons. The lowest BCUT2D eigenvalue weighted by atomic mass is 10.0. The molecule has 0 fully saturated rings. The number of carbonyl (C=O) groups excluding carboxylic acids is 5. The molecule has 3 atom stereocenters. The molecule has 2 bridgehead atoms. The zero-order chi connectivity index (χ0) is 35.2. The van der Waals surface area contributed by atoms with Gasteiger partial charge in [-0.05, 0) is 68.4 Å². The summed E-state index contributed by atoms with van der Waals surface area (Å²) in [4.78, 5) is 66.1. The van der Waals surface area contributed by atoms with Crippen LogP contribution in [0.15, 0.2) is 42.5 Å². The van der Waals surface area contributed by atoms with Gasteiger partial charge in [0.25, 0.3) is 11.8 Å². The van der Waals surface area contributed by atoms with Crippen molar-refractivity contribution in [1.29, 1.82) is 0 Å². The second kappa shape index (κ2) is 18.7. The number of ether oxygens (including phenoxy) is 1. The zero-order valence-corrected chi connectivity index (χ0v) is 27.5. The number of aliphatic hydroxyl groups is 1. The first-order chi connectivity index (χ1) is 22.8. The highest BCUT2D eigenvalue weighted by Gasteiger charge is 2.30. The topological polar surface area (TPSA) is 166 Å². The summed E-state index contributed by atoms with van der Waals surface area (Å²) >= 11 is 0. The van der Waals surface area contributed by atoms with Crippen LogP contribution in [0.1, 0.15) is 62.4 Å². The molecule has 0 aromatic heterocycles. The minimum absolute atomic E-state index is 0.0101. The fraction of sp³-hybridized carbons (Fsp3) is 0.500. The summed E-state index contributed by atoms with van der Waals surface area (Å²) in [6.07, 6.45) is -0.0865. The first kappa shape index (κ1) is 37.9. The average molecular weight is 674 g/mol. The van der Waals surface area contributed by atoms with Crippen LogP contribution in [-0.4, -0.2) is 90.5 Å². The van der Waals surface area contributed by atoms with Crippen molar-refractivity contribution in [2.75, 3.05) is 32.8 Å². The first-order valence-electron chi connectivity index (χ1n) is 16.1. The standard InChI is InChI=1S/C34H45F2N5O7/c1-21(2)17-27-32(45)40-31(22(3)42)33(46)38-13-4-5-15-41(34(47)30-25(35)11-7-12-26(30)36)16-8-14-37-29(44)20-48-24-10-6-9-23(18-24)19-28(43)39-27/h6-7,9-12,18,21-22,27,31,42H,4-5,8,13-17,19-20H2,1-3H3,(H,37,44)(H,38,46)(H,39,43)(H,40,45)/t22-,27-,31+/m1/s1. The normalized spacial score (nSPS) is 20.4. The number of benzene rings is 2. The number of carbonyl (C=O) groups is 5. The van der Waals surface area contributed by atoms with Crippen LogP contribution in [0.4, 0.5) is 8.78 Å². The van der Waals surface area contributed by atoms with Crippen molar-refractivity contribution in [1.82, 2.24) is 26.2 Å². The lowest BCUT2D eigenvalue weighted by molar-refractivity contribution is -0.134. The molecular formula is C34H45F2N5O7. The van der Waals surface area contributed by atoms with E-state index in [0.717, 1.165) is 18.2 Å². The Bertz CT molecular complexity index is 1420. The van der Waals surface area contributed by atoms with E-state index in [0.29, 0.717) is 24.2 Å². The molecule has 14 heteroatoms. The summed E-state index contributed by atoms with van der Waals surface area (Å²) in [5, 5.41) is 21.0. The van der Waals surface area contributed by atoms with Crippen LogP contribution in [-0.2, 0) is 25.6 Å². The number of aliphatic hydroxyl groups excluding tert-OH is 1. The third-order valence-electron chi connectivity index (χ3n) is 7.60. The van der Waals surface area contributed by atoms with Gasteiger partial charge in [-0.15, -0.1) is 0 Å². The van der Waals surface area contributed by atoms with Gasteiger partial charge in [0.05, 0.1) is 12.5 Å². The van der Waals surface area contributed by atoms with E-state index in [1.807, 2.05) is 13.8 Å². The van der Waals surface area contributed by atoms with Crippen molar-refractivity contribution in [3.05, 3.63) is 65.2 Å². The van der Waals surface area contributed by atoms with E-state index in [1.54, 1.807) is 24.3 Å². The van der Waals surface area contributed by atoms with Crippen LogP contribution < -0.4 is 26.0 Å². The highest BCUT2D eigenvalue weighted by atomic mass is 19.1. The minimum atomic E-state index is -1.30. The summed E-state index contributed by atoms with van der Waals surface area (Å²) in [5.74, 6) is -4.62. The predicted molar refractivity (Wildman–Crippen MR) is 173 cm³/mol. The molecule has 3 rings (SSSR count). The Hall–Kier alpha value is -4.59. The number of fused-ring (bicyclic) bond motifs is 2. The molecular weight excluding hydrogens is 628 g/mol. The van der Waals surface area contributed by atoms with Crippen molar-refractivity contribution < 1.29 is 42.6 Å². The van der Waals surface area contributed by atoms with Crippen LogP contribution in [0.3, 0.4) is 0 Å². The van der Waals surface area contributed by atoms with E-state index >= 15 is 0 Å². The van der Waals surface area contributed by atoms with Gasteiger partial charge in [-0.2, -0.15) is 0 Å². The highest BCUT2D eigenvalue weighted by molar-refractivity contribution is 5.95. The summed E-state index contributed by atoms with van der Waals surface area (Å²) < 4.78 is 34.5. The van der Waals surface area contributed by atoms with E-state index in [9.17, 15) is 37.9 Å². The number of nitrogens with one attached hydrogen (secondary N) is 4. The molecule has 1 heterocycles. The Labute approximate surface area is 279 Å². The smallest absolute Gasteiger partial charge is 0.259 e. The van der Waals surface area contributed by atoms with Crippen LogP contribution >= 0.6 is 0 Å². The van der Waals surface area contributed by atoms with Crippen molar-refractivity contribution in [2.45, 2.75) is 71.1 Å². The maximum absolute atomic E-state index is 14.4. The predicted octanol–water partition coefficient (Wildman–Crippen LogP) is 1.84. The molecule has 0 radical (unpaired) electrons. The summed E-state index contributed by atoms with van der Waals surface area (Å²) in [7, 11) is 0. The first-order valence-corrected chi connectivity index (χ1v) is 16.1. The third kappa shape index (κ3) is 11.9. The molecule has 0 unspecified atom stereocenters.